The highest BCUT2D eigenvalue weighted by Gasteiger charge is 2.19. The predicted molar refractivity (Wildman–Crippen MR) is 201 cm³/mol. The van der Waals surface area contributed by atoms with Crippen LogP contribution in [0, 0.1) is 18.3 Å². The number of anilines is 8. The van der Waals surface area contributed by atoms with E-state index in [9.17, 15) is 14.9 Å². The Balaban J connectivity index is 0.000000164. The SMILES string of the molecule is Cc1cnc(Nc2ccc3c(c2)CC(=O)N3)nc1NCc1ccccn1.N#Cc1cnc(Nc2ccc3c(c2)CC(=O)N3)nc1NCc1ccccn1. The van der Waals surface area contributed by atoms with E-state index in [1.54, 1.807) is 18.6 Å². The molecule has 15 heteroatoms. The highest BCUT2D eigenvalue weighted by Crippen LogP contribution is 2.29. The molecule has 6 N–H and O–H groups in total. The van der Waals surface area contributed by atoms with Crippen molar-refractivity contribution in [1.29, 1.82) is 5.26 Å². The number of aryl methyl sites for hydroxylation is 1. The van der Waals surface area contributed by atoms with Gasteiger partial charge in [0.15, 0.2) is 0 Å². The van der Waals surface area contributed by atoms with Crippen LogP contribution in [0.1, 0.15) is 33.6 Å². The molecule has 0 fully saturated rings. The molecular formula is C38H33N13O2. The van der Waals surface area contributed by atoms with E-state index < -0.39 is 0 Å². The Morgan fingerprint density at radius 3 is 1.74 bits per heavy atom. The Labute approximate surface area is 304 Å². The van der Waals surface area contributed by atoms with Crippen molar-refractivity contribution >= 4 is 58.1 Å². The molecule has 0 saturated carbocycles. The fraction of sp³-hybridized carbons (Fsp3) is 0.132. The van der Waals surface area contributed by atoms with Gasteiger partial charge in [0.25, 0.3) is 0 Å². The molecule has 4 aromatic heterocycles. The maximum atomic E-state index is 11.5. The number of aromatic nitrogens is 6. The van der Waals surface area contributed by atoms with Gasteiger partial charge in [0, 0.05) is 46.9 Å². The van der Waals surface area contributed by atoms with Crippen LogP contribution in [0.3, 0.4) is 0 Å². The second-order valence-electron chi connectivity index (χ2n) is 12.1. The number of nitrogens with zero attached hydrogens (tertiary/aromatic N) is 7. The van der Waals surface area contributed by atoms with Crippen LogP contribution in [0.15, 0.2) is 97.6 Å². The third-order valence-electron chi connectivity index (χ3n) is 8.18. The maximum Gasteiger partial charge on any atom is 0.229 e. The van der Waals surface area contributed by atoms with Gasteiger partial charge in [-0.1, -0.05) is 12.1 Å². The Morgan fingerprint density at radius 2 is 1.21 bits per heavy atom. The lowest BCUT2D eigenvalue weighted by Gasteiger charge is -2.11. The molecule has 2 aromatic carbocycles. The van der Waals surface area contributed by atoms with E-state index in [1.807, 2.05) is 79.7 Å². The zero-order valence-corrected chi connectivity index (χ0v) is 28.5. The molecule has 0 saturated heterocycles. The normalized spacial score (nSPS) is 12.2. The van der Waals surface area contributed by atoms with Crippen molar-refractivity contribution in [2.24, 2.45) is 0 Å². The second-order valence-corrected chi connectivity index (χ2v) is 12.1. The average Bonchev–Trinajstić information content (AvgIpc) is 3.75. The molecule has 262 valence electrons. The minimum atomic E-state index is -0.0159. The van der Waals surface area contributed by atoms with Gasteiger partial charge in [0.2, 0.25) is 23.7 Å². The molecule has 6 aromatic rings. The van der Waals surface area contributed by atoms with Crippen molar-refractivity contribution in [1.82, 2.24) is 29.9 Å². The number of hydrogen-bond acceptors (Lipinski definition) is 13. The minimum Gasteiger partial charge on any atom is -0.364 e. The van der Waals surface area contributed by atoms with Crippen molar-refractivity contribution in [3.05, 3.63) is 131 Å². The lowest BCUT2D eigenvalue weighted by Crippen LogP contribution is -2.07. The summed E-state index contributed by atoms with van der Waals surface area (Å²) in [5, 5.41) is 27.6. The molecule has 8 rings (SSSR count). The Morgan fingerprint density at radius 1 is 0.679 bits per heavy atom. The largest absolute Gasteiger partial charge is 0.364 e. The third-order valence-corrected chi connectivity index (χ3v) is 8.18. The van der Waals surface area contributed by atoms with E-state index >= 15 is 0 Å². The number of fused-ring (bicyclic) bond motifs is 2. The summed E-state index contributed by atoms with van der Waals surface area (Å²) in [6.45, 7) is 2.99. The van der Waals surface area contributed by atoms with Gasteiger partial charge in [-0.3, -0.25) is 19.6 Å². The number of nitrogens with one attached hydrogen (secondary N) is 6. The van der Waals surface area contributed by atoms with Crippen molar-refractivity contribution in [2.75, 3.05) is 31.9 Å². The zero-order chi connectivity index (χ0) is 36.6. The van der Waals surface area contributed by atoms with Crippen molar-refractivity contribution in [2.45, 2.75) is 32.9 Å². The van der Waals surface area contributed by atoms with E-state index in [0.717, 1.165) is 56.6 Å². The first-order valence-corrected chi connectivity index (χ1v) is 16.7. The van der Waals surface area contributed by atoms with Gasteiger partial charge >= 0.3 is 0 Å². The lowest BCUT2D eigenvalue weighted by atomic mass is 10.1. The van der Waals surface area contributed by atoms with Gasteiger partial charge in [0.05, 0.1) is 43.5 Å². The van der Waals surface area contributed by atoms with Gasteiger partial charge in [-0.2, -0.15) is 15.2 Å². The van der Waals surface area contributed by atoms with Crippen LogP contribution in [-0.2, 0) is 35.5 Å². The molecule has 0 bridgehead atoms. The molecule has 15 nitrogen and oxygen atoms in total. The smallest absolute Gasteiger partial charge is 0.229 e. The van der Waals surface area contributed by atoms with Crippen molar-refractivity contribution < 1.29 is 9.59 Å². The number of rotatable bonds is 10. The number of hydrogen-bond donors (Lipinski definition) is 6. The summed E-state index contributed by atoms with van der Waals surface area (Å²) >= 11 is 0. The molecule has 2 aliphatic rings. The van der Waals surface area contributed by atoms with Crippen LogP contribution >= 0.6 is 0 Å². The molecule has 6 heterocycles. The third kappa shape index (κ3) is 8.64. The molecule has 0 unspecified atom stereocenters. The van der Waals surface area contributed by atoms with E-state index in [-0.39, 0.29) is 11.8 Å². The Kier molecular flexibility index (Phi) is 10.0. The monoisotopic (exact) mass is 703 g/mol. The van der Waals surface area contributed by atoms with Crippen LogP contribution in [0.4, 0.5) is 46.3 Å². The minimum absolute atomic E-state index is 0.0159. The highest BCUT2D eigenvalue weighted by atomic mass is 16.2. The molecule has 0 aliphatic carbocycles. The van der Waals surface area contributed by atoms with E-state index in [2.05, 4.69) is 67.9 Å². The van der Waals surface area contributed by atoms with Gasteiger partial charge in [0.1, 0.15) is 23.3 Å². The fourth-order valence-electron chi connectivity index (χ4n) is 5.57. The van der Waals surface area contributed by atoms with Crippen molar-refractivity contribution in [3.63, 3.8) is 0 Å². The van der Waals surface area contributed by atoms with Gasteiger partial charge in [-0.25, -0.2) is 9.97 Å². The Hall–Kier alpha value is -7.47. The van der Waals surface area contributed by atoms with Crippen molar-refractivity contribution in [3.8, 4) is 6.07 Å². The molecule has 2 aliphatic heterocycles. The van der Waals surface area contributed by atoms with E-state index in [4.69, 9.17) is 0 Å². The zero-order valence-electron chi connectivity index (χ0n) is 28.5. The first-order chi connectivity index (χ1) is 25.9. The first-order valence-electron chi connectivity index (χ1n) is 16.7. The standard InChI is InChI=1S/C19H15N7O.C19H18N6O/c20-9-13-10-23-19(26-18(13)22-11-15-3-1-2-6-21-15)24-14-4-5-16-12(7-14)8-17(27)25-16;1-12-10-22-19(25-18(12)21-11-15-4-2-3-7-20-15)23-14-5-6-16-13(8-14)9-17(26)24-16/h1-7,10H,8,11H2,(H,25,27)(H2,22,23,24,26);2-8,10H,9,11H2,1H3,(H,24,26)(H2,21,22,23,25). The number of carbonyl (C=O) groups is 2. The summed E-state index contributed by atoms with van der Waals surface area (Å²) < 4.78 is 0. The summed E-state index contributed by atoms with van der Waals surface area (Å²) in [7, 11) is 0. The highest BCUT2D eigenvalue weighted by molar-refractivity contribution is 6.00. The number of pyridine rings is 2. The summed E-state index contributed by atoms with van der Waals surface area (Å²) in [6, 6.07) is 24.8. The van der Waals surface area contributed by atoms with Crippen LogP contribution in [0.2, 0.25) is 0 Å². The number of nitriles is 1. The number of amides is 2. The summed E-state index contributed by atoms with van der Waals surface area (Å²) in [5.74, 6) is 2.04. The summed E-state index contributed by atoms with van der Waals surface area (Å²) in [5.41, 5.74) is 8.28. The average molecular weight is 704 g/mol. The molecule has 0 atom stereocenters. The topological polar surface area (TPSA) is 207 Å². The van der Waals surface area contributed by atoms with Gasteiger partial charge in [-0.15, -0.1) is 0 Å². The summed E-state index contributed by atoms with van der Waals surface area (Å²) in [4.78, 5) is 49.0. The Bertz CT molecular complexity index is 2330. The van der Waals surface area contributed by atoms with Gasteiger partial charge in [-0.05, 0) is 78.7 Å². The molecule has 53 heavy (non-hydrogen) atoms. The van der Waals surface area contributed by atoms with Crippen LogP contribution in [-0.4, -0.2) is 41.7 Å². The molecule has 0 spiro atoms. The van der Waals surface area contributed by atoms with Crippen LogP contribution in [0.5, 0.6) is 0 Å². The molecule has 2 amide bonds. The quantitative estimate of drug-likeness (QED) is 0.102. The van der Waals surface area contributed by atoms with Crippen LogP contribution in [0.25, 0.3) is 0 Å². The van der Waals surface area contributed by atoms with Crippen LogP contribution < -0.4 is 31.9 Å². The van der Waals surface area contributed by atoms with E-state index in [1.165, 1.54) is 6.20 Å². The maximum absolute atomic E-state index is 11.5. The van der Waals surface area contributed by atoms with Gasteiger partial charge < -0.3 is 31.9 Å². The van der Waals surface area contributed by atoms with E-state index in [0.29, 0.717) is 49.2 Å². The predicted octanol–water partition coefficient (Wildman–Crippen LogP) is 5.62. The molecule has 0 radical (unpaired) electrons. The lowest BCUT2D eigenvalue weighted by molar-refractivity contribution is -0.115. The number of carbonyl (C=O) groups excluding carboxylic acids is 2. The fourth-order valence-corrected chi connectivity index (χ4v) is 5.57. The first kappa shape index (κ1) is 34.0. The molecular weight excluding hydrogens is 671 g/mol. The summed E-state index contributed by atoms with van der Waals surface area (Å²) in [6.07, 6.45) is 7.47. The second kappa shape index (κ2) is 15.6. The number of benzene rings is 2.